The van der Waals surface area contributed by atoms with Gasteiger partial charge < -0.3 is 5.11 Å². The van der Waals surface area contributed by atoms with Crippen LogP contribution in [0.5, 0.6) is 0 Å². The van der Waals surface area contributed by atoms with Crippen molar-refractivity contribution in [2.75, 3.05) is 0 Å². The summed E-state index contributed by atoms with van der Waals surface area (Å²) in [5.41, 5.74) is 0.994. The van der Waals surface area contributed by atoms with Gasteiger partial charge in [0, 0.05) is 4.47 Å². The number of halogens is 2. The monoisotopic (exact) mass is 314 g/mol. The second-order valence-corrected chi connectivity index (χ2v) is 4.62. The molecule has 6 heteroatoms. The smallest absolute Gasteiger partial charge is 0.340 e. The normalized spacial score (nSPS) is 10.5. The highest BCUT2D eigenvalue weighted by Crippen LogP contribution is 2.21. The Kier molecular flexibility index (Phi) is 3.49. The molecule has 0 saturated carbocycles. The highest BCUT2D eigenvalue weighted by molar-refractivity contribution is 9.10. The van der Waals surface area contributed by atoms with Crippen LogP contribution in [-0.2, 0) is 6.54 Å². The molecule has 88 valence electrons. The molecule has 0 unspecified atom stereocenters. The van der Waals surface area contributed by atoms with Gasteiger partial charge in [0.05, 0.1) is 12.7 Å². The standard InChI is InChI=1S/C11H8BrClN2O2/c12-9-4-2-1-3-7(9)6-15-10(13)8(5-14-15)11(16)17/h1-5H,6H2,(H,16,17). The van der Waals surface area contributed by atoms with Crippen molar-refractivity contribution in [2.45, 2.75) is 6.54 Å². The van der Waals surface area contributed by atoms with Crippen molar-refractivity contribution in [1.82, 2.24) is 9.78 Å². The summed E-state index contributed by atoms with van der Waals surface area (Å²) in [5, 5.41) is 12.9. The van der Waals surface area contributed by atoms with E-state index in [-0.39, 0.29) is 10.7 Å². The zero-order valence-corrected chi connectivity index (χ0v) is 10.9. The summed E-state index contributed by atoms with van der Waals surface area (Å²) in [6.45, 7) is 0.424. The van der Waals surface area contributed by atoms with Crippen molar-refractivity contribution in [3.63, 3.8) is 0 Å². The lowest BCUT2D eigenvalue weighted by Crippen LogP contribution is -2.03. The third kappa shape index (κ3) is 2.50. The minimum atomic E-state index is -1.08. The molecule has 2 aromatic rings. The average Bonchev–Trinajstić information content (AvgIpc) is 2.64. The average molecular weight is 316 g/mol. The lowest BCUT2D eigenvalue weighted by Gasteiger charge is -2.05. The minimum Gasteiger partial charge on any atom is -0.478 e. The number of carboxylic acids is 1. The van der Waals surface area contributed by atoms with E-state index in [1.165, 1.54) is 10.9 Å². The molecule has 1 heterocycles. The number of aromatic nitrogens is 2. The predicted octanol–water partition coefficient (Wildman–Crippen LogP) is 3.05. The second-order valence-electron chi connectivity index (χ2n) is 3.40. The third-order valence-electron chi connectivity index (χ3n) is 2.28. The number of hydrogen-bond donors (Lipinski definition) is 1. The van der Waals surface area contributed by atoms with Crippen LogP contribution in [0.1, 0.15) is 15.9 Å². The maximum Gasteiger partial charge on any atom is 0.340 e. The van der Waals surface area contributed by atoms with E-state index >= 15 is 0 Å². The van der Waals surface area contributed by atoms with Crippen LogP contribution in [0.15, 0.2) is 34.9 Å². The van der Waals surface area contributed by atoms with Gasteiger partial charge in [0.25, 0.3) is 0 Å². The van der Waals surface area contributed by atoms with Gasteiger partial charge in [0.15, 0.2) is 0 Å². The maximum atomic E-state index is 10.8. The molecule has 0 fully saturated rings. The van der Waals surface area contributed by atoms with Gasteiger partial charge in [-0.05, 0) is 11.6 Å². The van der Waals surface area contributed by atoms with Crippen molar-refractivity contribution in [2.24, 2.45) is 0 Å². The Morgan fingerprint density at radius 1 is 1.47 bits per heavy atom. The summed E-state index contributed by atoms with van der Waals surface area (Å²) in [7, 11) is 0. The number of rotatable bonds is 3. The predicted molar refractivity (Wildman–Crippen MR) is 67.4 cm³/mol. The number of carboxylic acid groups (broad SMARTS) is 1. The summed E-state index contributed by atoms with van der Waals surface area (Å²) in [4.78, 5) is 10.8. The molecule has 0 atom stereocenters. The lowest BCUT2D eigenvalue weighted by atomic mass is 10.2. The summed E-state index contributed by atoms with van der Waals surface area (Å²) >= 11 is 9.34. The summed E-state index contributed by atoms with van der Waals surface area (Å²) in [6.07, 6.45) is 1.25. The van der Waals surface area contributed by atoms with Crippen LogP contribution in [0.3, 0.4) is 0 Å². The first kappa shape index (κ1) is 12.1. The molecule has 2 rings (SSSR count). The Balaban J connectivity index is 2.31. The Hall–Kier alpha value is -1.33. The van der Waals surface area contributed by atoms with Crippen LogP contribution in [0.4, 0.5) is 0 Å². The van der Waals surface area contributed by atoms with Crippen molar-refractivity contribution >= 4 is 33.5 Å². The van der Waals surface area contributed by atoms with E-state index < -0.39 is 5.97 Å². The fourth-order valence-corrected chi connectivity index (χ4v) is 2.06. The molecule has 0 aliphatic carbocycles. The molecule has 17 heavy (non-hydrogen) atoms. The van der Waals surface area contributed by atoms with Crippen LogP contribution in [0, 0.1) is 0 Å². The van der Waals surface area contributed by atoms with Crippen LogP contribution in [-0.4, -0.2) is 20.9 Å². The van der Waals surface area contributed by atoms with E-state index in [0.29, 0.717) is 6.54 Å². The van der Waals surface area contributed by atoms with Crippen molar-refractivity contribution < 1.29 is 9.90 Å². The number of carbonyl (C=O) groups is 1. The van der Waals surface area contributed by atoms with Gasteiger partial charge in [-0.1, -0.05) is 45.7 Å². The maximum absolute atomic E-state index is 10.8. The van der Waals surface area contributed by atoms with E-state index in [9.17, 15) is 4.79 Å². The molecule has 0 aliphatic rings. The number of aromatic carboxylic acids is 1. The van der Waals surface area contributed by atoms with Crippen LogP contribution in [0.2, 0.25) is 5.15 Å². The first-order chi connectivity index (χ1) is 8.09. The number of nitrogens with zero attached hydrogens (tertiary/aromatic N) is 2. The van der Waals surface area contributed by atoms with Gasteiger partial charge in [-0.15, -0.1) is 0 Å². The molecule has 4 nitrogen and oxygen atoms in total. The molecule has 1 aromatic carbocycles. The quantitative estimate of drug-likeness (QED) is 0.947. The molecule has 0 amide bonds. The van der Waals surface area contributed by atoms with Gasteiger partial charge >= 0.3 is 5.97 Å². The molecule has 1 N–H and O–H groups in total. The first-order valence-electron chi connectivity index (χ1n) is 4.77. The zero-order valence-electron chi connectivity index (χ0n) is 8.60. The number of benzene rings is 1. The van der Waals surface area contributed by atoms with Crippen LogP contribution < -0.4 is 0 Å². The molecule has 0 saturated heterocycles. The topological polar surface area (TPSA) is 55.1 Å². The Morgan fingerprint density at radius 2 is 2.18 bits per heavy atom. The summed E-state index contributed by atoms with van der Waals surface area (Å²) in [5.74, 6) is -1.08. The molecule has 0 bridgehead atoms. The highest BCUT2D eigenvalue weighted by Gasteiger charge is 2.15. The van der Waals surface area contributed by atoms with E-state index in [0.717, 1.165) is 10.0 Å². The lowest BCUT2D eigenvalue weighted by molar-refractivity contribution is 0.0697. The van der Waals surface area contributed by atoms with Gasteiger partial charge in [-0.25, -0.2) is 9.48 Å². The first-order valence-corrected chi connectivity index (χ1v) is 5.94. The fraction of sp³-hybridized carbons (Fsp3) is 0.0909. The van der Waals surface area contributed by atoms with Gasteiger partial charge in [-0.2, -0.15) is 5.10 Å². The Labute approximate surface area is 111 Å². The molecule has 0 aliphatic heterocycles. The second kappa shape index (κ2) is 4.89. The van der Waals surface area contributed by atoms with Crippen molar-refractivity contribution in [1.29, 1.82) is 0 Å². The van der Waals surface area contributed by atoms with Gasteiger partial charge in [0.2, 0.25) is 0 Å². The molecule has 0 radical (unpaired) electrons. The van der Waals surface area contributed by atoms with Gasteiger partial charge in [0.1, 0.15) is 10.7 Å². The van der Waals surface area contributed by atoms with E-state index in [1.54, 1.807) is 0 Å². The Bertz CT molecular complexity index is 568. The summed E-state index contributed by atoms with van der Waals surface area (Å²) in [6, 6.07) is 7.63. The SMILES string of the molecule is O=C(O)c1cnn(Cc2ccccc2Br)c1Cl. The summed E-state index contributed by atoms with van der Waals surface area (Å²) < 4.78 is 2.38. The van der Waals surface area contributed by atoms with Crippen LogP contribution in [0.25, 0.3) is 0 Å². The van der Waals surface area contributed by atoms with Crippen molar-refractivity contribution in [3.05, 3.63) is 51.2 Å². The van der Waals surface area contributed by atoms with E-state index in [4.69, 9.17) is 16.7 Å². The largest absolute Gasteiger partial charge is 0.478 e. The Morgan fingerprint density at radius 3 is 2.76 bits per heavy atom. The van der Waals surface area contributed by atoms with E-state index in [2.05, 4.69) is 21.0 Å². The molecule has 0 spiro atoms. The van der Waals surface area contributed by atoms with Crippen LogP contribution >= 0.6 is 27.5 Å². The molecular formula is C11H8BrClN2O2. The van der Waals surface area contributed by atoms with E-state index in [1.807, 2.05) is 24.3 Å². The third-order valence-corrected chi connectivity index (χ3v) is 3.46. The fourth-order valence-electron chi connectivity index (χ4n) is 1.41. The number of hydrogen-bond acceptors (Lipinski definition) is 2. The molecular weight excluding hydrogens is 307 g/mol. The minimum absolute atomic E-state index is 0.0127. The highest BCUT2D eigenvalue weighted by atomic mass is 79.9. The van der Waals surface area contributed by atoms with Crippen molar-refractivity contribution in [3.8, 4) is 0 Å². The zero-order chi connectivity index (χ0) is 12.4. The molecule has 1 aromatic heterocycles. The van der Waals surface area contributed by atoms with Gasteiger partial charge in [-0.3, -0.25) is 0 Å².